The van der Waals surface area contributed by atoms with Crippen molar-refractivity contribution in [2.24, 2.45) is 7.05 Å². The van der Waals surface area contributed by atoms with Crippen molar-refractivity contribution in [1.29, 1.82) is 0 Å². The van der Waals surface area contributed by atoms with Crippen LogP contribution in [0.25, 0.3) is 11.3 Å². The first-order chi connectivity index (χ1) is 17.1. The van der Waals surface area contributed by atoms with Gasteiger partial charge in [0, 0.05) is 49.1 Å². The number of benzene rings is 1. The molecule has 0 bridgehead atoms. The number of hydrogen-bond donors (Lipinski definition) is 4. The predicted molar refractivity (Wildman–Crippen MR) is 125 cm³/mol. The summed E-state index contributed by atoms with van der Waals surface area (Å²) in [7, 11) is 3.69. The van der Waals surface area contributed by atoms with Crippen molar-refractivity contribution in [2.45, 2.75) is 25.4 Å². The summed E-state index contributed by atoms with van der Waals surface area (Å²) in [6.45, 7) is -2.14. The van der Waals surface area contributed by atoms with Gasteiger partial charge in [0.15, 0.2) is 0 Å². The van der Waals surface area contributed by atoms with E-state index < -0.39 is 18.9 Å². The first kappa shape index (κ1) is 17.4. The van der Waals surface area contributed by atoms with Gasteiger partial charge in [0.2, 0.25) is 0 Å². The van der Waals surface area contributed by atoms with Crippen molar-refractivity contribution >= 4 is 34.8 Å². The van der Waals surface area contributed by atoms with E-state index in [1.54, 1.807) is 7.05 Å². The van der Waals surface area contributed by atoms with Crippen LogP contribution in [0.4, 0.5) is 27.7 Å². The number of pyridine rings is 1. The Morgan fingerprint density at radius 3 is 2.82 bits per heavy atom. The predicted octanol–water partition coefficient (Wildman–Crippen LogP) is 2.21. The molecule has 11 heteroatoms. The normalized spacial score (nSPS) is 15.9. The molecular weight excluding hydrogens is 422 g/mol. The third-order valence-corrected chi connectivity index (χ3v) is 5.53. The third-order valence-electron chi connectivity index (χ3n) is 5.53. The highest BCUT2D eigenvalue weighted by atomic mass is 16.2. The van der Waals surface area contributed by atoms with Crippen LogP contribution in [0.5, 0.6) is 0 Å². The molecule has 1 aliphatic heterocycles. The molecule has 3 amide bonds. The molecule has 1 aromatic carbocycles. The molecule has 0 radical (unpaired) electrons. The van der Waals surface area contributed by atoms with E-state index in [0.717, 1.165) is 35.5 Å². The van der Waals surface area contributed by atoms with Crippen LogP contribution >= 0.6 is 0 Å². The van der Waals surface area contributed by atoms with Crippen LogP contribution in [-0.4, -0.2) is 52.0 Å². The van der Waals surface area contributed by atoms with Gasteiger partial charge in [0.25, 0.3) is 5.91 Å². The average Bonchev–Trinajstić information content (AvgIpc) is 3.51. The van der Waals surface area contributed by atoms with Gasteiger partial charge < -0.3 is 20.9 Å². The van der Waals surface area contributed by atoms with Crippen LogP contribution in [-0.2, 0) is 13.6 Å². The van der Waals surface area contributed by atoms with Crippen LogP contribution in [0.2, 0.25) is 0 Å². The van der Waals surface area contributed by atoms with Crippen molar-refractivity contribution < 1.29 is 13.7 Å². The lowest BCUT2D eigenvalue weighted by atomic mass is 10.0. The molecule has 0 atom stereocenters. The van der Waals surface area contributed by atoms with E-state index in [0.29, 0.717) is 12.2 Å². The number of urea groups is 1. The van der Waals surface area contributed by atoms with Crippen LogP contribution in [0.3, 0.4) is 0 Å². The average molecular weight is 451 g/mol. The number of aryl methyl sites for hydroxylation is 1. The lowest BCUT2D eigenvalue weighted by molar-refractivity contribution is 0.0963. The summed E-state index contributed by atoms with van der Waals surface area (Å²) in [6.07, 6.45) is 3.10. The zero-order valence-electron chi connectivity index (χ0n) is 21.1. The molecule has 33 heavy (non-hydrogen) atoms. The molecule has 1 aliphatic carbocycles. The molecule has 0 saturated heterocycles. The van der Waals surface area contributed by atoms with Gasteiger partial charge >= 0.3 is 6.03 Å². The van der Waals surface area contributed by atoms with E-state index in [1.807, 2.05) is 35.5 Å². The summed E-state index contributed by atoms with van der Waals surface area (Å²) in [4.78, 5) is 32.7. The fourth-order valence-electron chi connectivity index (χ4n) is 3.90. The van der Waals surface area contributed by atoms with Gasteiger partial charge in [0.1, 0.15) is 17.2 Å². The molecule has 4 N–H and O–H groups in total. The number of amides is 3. The van der Waals surface area contributed by atoms with E-state index in [-0.39, 0.29) is 23.1 Å². The molecule has 5 rings (SSSR count). The highest BCUT2D eigenvalue weighted by molar-refractivity contribution is 6.02. The number of para-hydroxylation sites is 1. The topological polar surface area (TPSA) is 129 Å². The molecule has 1 fully saturated rings. The Morgan fingerprint density at radius 1 is 1.18 bits per heavy atom. The summed E-state index contributed by atoms with van der Waals surface area (Å²) < 4.78 is 22.2. The van der Waals surface area contributed by atoms with Crippen molar-refractivity contribution in [3.63, 3.8) is 0 Å². The molecule has 2 aliphatic rings. The second kappa shape index (κ2) is 8.08. The minimum Gasteiger partial charge on any atom is -0.366 e. The van der Waals surface area contributed by atoms with Gasteiger partial charge in [-0.25, -0.2) is 9.78 Å². The number of rotatable bonds is 5. The highest BCUT2D eigenvalue weighted by Crippen LogP contribution is 2.42. The van der Waals surface area contributed by atoms with Crippen LogP contribution < -0.4 is 26.2 Å². The molecule has 170 valence electrons. The summed E-state index contributed by atoms with van der Waals surface area (Å²) >= 11 is 0. The molecule has 3 heterocycles. The van der Waals surface area contributed by atoms with Gasteiger partial charge in [-0.05, 0) is 18.9 Å². The van der Waals surface area contributed by atoms with Crippen LogP contribution in [0, 0.1) is 0 Å². The smallest absolute Gasteiger partial charge is 0.320 e. The van der Waals surface area contributed by atoms with E-state index in [2.05, 4.69) is 31.1 Å². The molecule has 0 spiro atoms. The second-order valence-corrected chi connectivity index (χ2v) is 8.11. The van der Waals surface area contributed by atoms with Crippen LogP contribution in [0.1, 0.15) is 33.0 Å². The summed E-state index contributed by atoms with van der Waals surface area (Å²) in [5, 5.41) is 19.6. The lowest BCUT2D eigenvalue weighted by Crippen LogP contribution is -2.30. The minimum absolute atomic E-state index is 0.00975. The maximum atomic E-state index is 12.8. The van der Waals surface area contributed by atoms with Gasteiger partial charge in [0.05, 0.1) is 29.2 Å². The molecule has 1 saturated carbocycles. The maximum Gasteiger partial charge on any atom is 0.320 e. The van der Waals surface area contributed by atoms with E-state index in [4.69, 9.17) is 4.11 Å². The van der Waals surface area contributed by atoms with Crippen molar-refractivity contribution in [2.75, 3.05) is 29.6 Å². The number of fused-ring (bicyclic) bond motifs is 3. The van der Waals surface area contributed by atoms with Gasteiger partial charge in [-0.15, -0.1) is 0 Å². The van der Waals surface area contributed by atoms with Crippen molar-refractivity contribution in [1.82, 2.24) is 30.6 Å². The summed E-state index contributed by atoms with van der Waals surface area (Å²) in [5.41, 5.74) is 4.26. The number of carbonyl (C=O) groups is 2. The largest absolute Gasteiger partial charge is 0.366 e. The van der Waals surface area contributed by atoms with Gasteiger partial charge in [-0.3, -0.25) is 10.1 Å². The van der Waals surface area contributed by atoms with Crippen molar-refractivity contribution in [3.8, 4) is 11.3 Å². The Bertz CT molecular complexity index is 1350. The van der Waals surface area contributed by atoms with E-state index in [1.165, 1.54) is 17.1 Å². The molecule has 2 aromatic heterocycles. The Labute approximate surface area is 194 Å². The maximum absolute atomic E-state index is 12.8. The molecule has 11 nitrogen and oxygen atoms in total. The number of hydrogen-bond acceptors (Lipinski definition) is 7. The highest BCUT2D eigenvalue weighted by Gasteiger charge is 2.27. The van der Waals surface area contributed by atoms with E-state index in [9.17, 15) is 9.59 Å². The summed E-state index contributed by atoms with van der Waals surface area (Å²) in [6, 6.07) is 6.89. The van der Waals surface area contributed by atoms with Crippen LogP contribution in [0.15, 0.2) is 30.5 Å². The molecular formula is C22H25N9O2. The van der Waals surface area contributed by atoms with Crippen molar-refractivity contribution in [3.05, 3.63) is 41.7 Å². The first-order valence-electron chi connectivity index (χ1n) is 12.0. The number of nitrogens with zero attached hydrogens (tertiary/aromatic N) is 5. The fourth-order valence-corrected chi connectivity index (χ4v) is 3.90. The number of nitrogens with one attached hydrogen (secondary N) is 4. The monoisotopic (exact) mass is 450 g/mol. The number of anilines is 4. The lowest BCUT2D eigenvalue weighted by Gasteiger charge is -2.29. The quantitative estimate of drug-likeness (QED) is 0.469. The minimum atomic E-state index is -2.68. The van der Waals surface area contributed by atoms with E-state index >= 15 is 0 Å². The SMILES string of the molecule is [2H]C([2H])([2H])NC(=O)c1cnc(NC(=O)NC2CC2)cc1Nc1cccc2c1N(C)Cc1nn(C)nc1-2. The van der Waals surface area contributed by atoms with Gasteiger partial charge in [-0.2, -0.15) is 15.0 Å². The number of aromatic nitrogens is 4. The molecule has 0 unspecified atom stereocenters. The molecule has 3 aromatic rings. The summed E-state index contributed by atoms with van der Waals surface area (Å²) in [5.74, 6) is -0.621. The zero-order chi connectivity index (χ0) is 25.6. The first-order valence-corrected chi connectivity index (χ1v) is 10.5. The Kier molecular flexibility index (Phi) is 4.26. The fraction of sp³-hybridized carbons (Fsp3) is 0.318. The standard InChI is InChI=1S/C22H25N9O2/c1-23-21(32)14-10-24-18(27-22(33)25-12-7-8-12)9-16(14)26-15-6-4-5-13-19-17(28-31(3)29-19)11-30(2)20(13)15/h4-6,9-10,12H,7-8,11H2,1-3H3,(H,23,32)(H3,24,25,26,27,33)/i1D3. The number of carbonyl (C=O) groups excluding carboxylic acids is 2. The second-order valence-electron chi connectivity index (χ2n) is 8.11. The van der Waals surface area contributed by atoms with Gasteiger partial charge in [-0.1, -0.05) is 12.1 Å². The Balaban J connectivity index is 1.52. The third kappa shape index (κ3) is 4.04. The Hall–Kier alpha value is -4.15. The zero-order valence-corrected chi connectivity index (χ0v) is 18.1. The Morgan fingerprint density at radius 2 is 2.03 bits per heavy atom.